The first kappa shape index (κ1) is 12.6. The average molecular weight is 233 g/mol. The minimum Gasteiger partial charge on any atom is -0.375 e. The molecule has 0 atom stereocenters. The standard InChI is InChI=1S/C7H8N4OS.ClH/c8-7(13)11-10-6(12)5-2-1-3-9-4-5;/h1-4H,(H,10,12)(H3,8,11,13);1H. The minimum atomic E-state index is -0.332. The second-order valence-corrected chi connectivity index (χ2v) is 2.62. The van der Waals surface area contributed by atoms with Gasteiger partial charge >= 0.3 is 0 Å². The Hall–Kier alpha value is -1.40. The number of hydrogen-bond donors (Lipinski definition) is 3. The Morgan fingerprint density at radius 2 is 2.21 bits per heavy atom. The van der Waals surface area contributed by atoms with Gasteiger partial charge in [0.05, 0.1) is 5.56 Å². The third-order valence-electron chi connectivity index (χ3n) is 1.22. The molecule has 0 spiro atoms. The number of thiocarbonyl (C=S) groups is 1. The van der Waals surface area contributed by atoms with Gasteiger partial charge < -0.3 is 5.73 Å². The van der Waals surface area contributed by atoms with E-state index in [2.05, 4.69) is 28.1 Å². The van der Waals surface area contributed by atoms with Crippen LogP contribution in [-0.2, 0) is 0 Å². The zero-order valence-corrected chi connectivity index (χ0v) is 8.69. The highest BCUT2D eigenvalue weighted by atomic mass is 35.5. The van der Waals surface area contributed by atoms with Gasteiger partial charge in [0, 0.05) is 12.4 Å². The number of nitrogens with zero attached hydrogens (tertiary/aromatic N) is 1. The number of nitrogens with two attached hydrogens (primary N) is 1. The fraction of sp³-hybridized carbons (Fsp3) is 0. The monoisotopic (exact) mass is 232 g/mol. The fourth-order valence-corrected chi connectivity index (χ4v) is 0.739. The summed E-state index contributed by atoms with van der Waals surface area (Å²) in [5.41, 5.74) is 10.2. The van der Waals surface area contributed by atoms with Crippen LogP contribution >= 0.6 is 24.6 Å². The lowest BCUT2D eigenvalue weighted by molar-refractivity contribution is 0.0943. The zero-order valence-electron chi connectivity index (χ0n) is 7.06. The summed E-state index contributed by atoms with van der Waals surface area (Å²) in [6, 6.07) is 3.29. The van der Waals surface area contributed by atoms with Crippen LogP contribution in [0.3, 0.4) is 0 Å². The summed E-state index contributed by atoms with van der Waals surface area (Å²) in [5.74, 6) is -0.332. The Balaban J connectivity index is 0.00000169. The van der Waals surface area contributed by atoms with Gasteiger partial charge in [-0.2, -0.15) is 0 Å². The molecule has 1 aromatic rings. The van der Waals surface area contributed by atoms with E-state index in [0.29, 0.717) is 5.56 Å². The maximum atomic E-state index is 11.2. The maximum absolute atomic E-state index is 11.2. The molecule has 14 heavy (non-hydrogen) atoms. The molecule has 4 N–H and O–H groups in total. The topological polar surface area (TPSA) is 80.0 Å². The lowest BCUT2D eigenvalue weighted by atomic mass is 10.3. The van der Waals surface area contributed by atoms with Crippen molar-refractivity contribution < 1.29 is 4.79 Å². The Morgan fingerprint density at radius 1 is 1.50 bits per heavy atom. The first-order chi connectivity index (χ1) is 6.20. The van der Waals surface area contributed by atoms with Crippen LogP contribution in [0.2, 0.25) is 0 Å². The van der Waals surface area contributed by atoms with E-state index >= 15 is 0 Å². The number of carbonyl (C=O) groups excluding carboxylic acids is 1. The Labute approximate surface area is 92.5 Å². The number of pyridine rings is 1. The number of halogens is 1. The molecule has 0 unspecified atom stereocenters. The number of carbonyl (C=O) groups is 1. The Kier molecular flexibility index (Phi) is 5.50. The predicted octanol–water partition coefficient (Wildman–Crippen LogP) is -0.0186. The molecule has 1 rings (SSSR count). The third-order valence-corrected chi connectivity index (χ3v) is 1.33. The maximum Gasteiger partial charge on any atom is 0.271 e. The van der Waals surface area contributed by atoms with Crippen LogP contribution in [0.15, 0.2) is 24.5 Å². The van der Waals surface area contributed by atoms with Crippen molar-refractivity contribution in [3.05, 3.63) is 30.1 Å². The van der Waals surface area contributed by atoms with Crippen LogP contribution in [0.1, 0.15) is 10.4 Å². The van der Waals surface area contributed by atoms with Gasteiger partial charge in [0.1, 0.15) is 0 Å². The largest absolute Gasteiger partial charge is 0.375 e. The van der Waals surface area contributed by atoms with Gasteiger partial charge in [-0.15, -0.1) is 12.4 Å². The lowest BCUT2D eigenvalue weighted by Crippen LogP contribution is -2.44. The normalized spacial score (nSPS) is 8.29. The molecular weight excluding hydrogens is 224 g/mol. The molecule has 0 aliphatic heterocycles. The molecule has 1 amide bonds. The minimum absolute atomic E-state index is 0. The van der Waals surface area contributed by atoms with Gasteiger partial charge in [-0.05, 0) is 24.4 Å². The van der Waals surface area contributed by atoms with E-state index in [4.69, 9.17) is 5.73 Å². The second kappa shape index (κ2) is 6.11. The van der Waals surface area contributed by atoms with E-state index in [1.165, 1.54) is 6.20 Å². The second-order valence-electron chi connectivity index (χ2n) is 2.19. The lowest BCUT2D eigenvalue weighted by Gasteiger charge is -2.04. The molecule has 76 valence electrons. The van der Waals surface area contributed by atoms with Crippen LogP contribution in [0.25, 0.3) is 0 Å². The molecule has 0 radical (unpaired) electrons. The summed E-state index contributed by atoms with van der Waals surface area (Å²) >= 11 is 4.50. The number of hydrogen-bond acceptors (Lipinski definition) is 3. The number of rotatable bonds is 1. The first-order valence-electron chi connectivity index (χ1n) is 3.46. The van der Waals surface area contributed by atoms with Crippen LogP contribution in [-0.4, -0.2) is 16.0 Å². The van der Waals surface area contributed by atoms with E-state index in [-0.39, 0.29) is 23.4 Å². The molecule has 0 fully saturated rings. The number of nitrogens with one attached hydrogen (secondary N) is 2. The third kappa shape index (κ3) is 4.01. The van der Waals surface area contributed by atoms with Crippen molar-refractivity contribution in [2.45, 2.75) is 0 Å². The van der Waals surface area contributed by atoms with E-state index in [1.807, 2.05) is 0 Å². The molecular formula is C7H9ClN4OS. The van der Waals surface area contributed by atoms with Gasteiger partial charge in [0.25, 0.3) is 5.91 Å². The van der Waals surface area contributed by atoms with E-state index in [0.717, 1.165) is 0 Å². The van der Waals surface area contributed by atoms with Crippen molar-refractivity contribution in [3.63, 3.8) is 0 Å². The van der Waals surface area contributed by atoms with Gasteiger partial charge in [-0.1, -0.05) is 0 Å². The zero-order chi connectivity index (χ0) is 9.68. The van der Waals surface area contributed by atoms with Crippen LogP contribution in [0.4, 0.5) is 0 Å². The van der Waals surface area contributed by atoms with Gasteiger partial charge in [0.2, 0.25) is 0 Å². The molecule has 0 saturated carbocycles. The van der Waals surface area contributed by atoms with E-state index in [1.54, 1.807) is 18.3 Å². The van der Waals surface area contributed by atoms with Crippen molar-refractivity contribution >= 4 is 35.6 Å². The Bertz CT molecular complexity index is 319. The van der Waals surface area contributed by atoms with Crippen LogP contribution < -0.4 is 16.6 Å². The number of amides is 1. The van der Waals surface area contributed by atoms with Crippen molar-refractivity contribution in [2.24, 2.45) is 5.73 Å². The highest BCUT2D eigenvalue weighted by Crippen LogP contribution is 1.93. The Morgan fingerprint density at radius 3 is 2.71 bits per heavy atom. The molecule has 0 saturated heterocycles. The van der Waals surface area contributed by atoms with Crippen LogP contribution in [0, 0.1) is 0 Å². The van der Waals surface area contributed by atoms with E-state index in [9.17, 15) is 4.79 Å². The summed E-state index contributed by atoms with van der Waals surface area (Å²) in [5, 5.41) is 0.0113. The summed E-state index contributed by atoms with van der Waals surface area (Å²) in [6.45, 7) is 0. The fourth-order valence-electron chi connectivity index (χ4n) is 0.688. The average Bonchev–Trinajstić information content (AvgIpc) is 2.15. The summed E-state index contributed by atoms with van der Waals surface area (Å²) in [6.07, 6.45) is 3.02. The van der Waals surface area contributed by atoms with Crippen molar-refractivity contribution in [2.75, 3.05) is 0 Å². The molecule has 0 bridgehead atoms. The molecule has 0 aliphatic carbocycles. The molecule has 0 aromatic carbocycles. The van der Waals surface area contributed by atoms with Gasteiger partial charge in [-0.3, -0.25) is 20.6 Å². The summed E-state index contributed by atoms with van der Waals surface area (Å²) < 4.78 is 0. The number of aromatic nitrogens is 1. The molecule has 5 nitrogen and oxygen atoms in total. The van der Waals surface area contributed by atoms with E-state index < -0.39 is 0 Å². The molecule has 7 heteroatoms. The number of hydrazine groups is 1. The van der Waals surface area contributed by atoms with Gasteiger partial charge in [0.15, 0.2) is 5.11 Å². The molecule has 0 aliphatic rings. The predicted molar refractivity (Wildman–Crippen MR) is 58.9 cm³/mol. The quantitative estimate of drug-likeness (QED) is 0.469. The van der Waals surface area contributed by atoms with Crippen LogP contribution in [0.5, 0.6) is 0 Å². The molecule has 1 aromatic heterocycles. The van der Waals surface area contributed by atoms with Crippen molar-refractivity contribution in [1.29, 1.82) is 0 Å². The SMILES string of the molecule is Cl.NC(=S)NNC(=O)c1cccnc1. The van der Waals surface area contributed by atoms with Crippen molar-refractivity contribution in [1.82, 2.24) is 15.8 Å². The molecule has 1 heterocycles. The van der Waals surface area contributed by atoms with Crippen molar-refractivity contribution in [3.8, 4) is 0 Å². The van der Waals surface area contributed by atoms with Gasteiger partial charge in [-0.25, -0.2) is 0 Å². The highest BCUT2D eigenvalue weighted by Gasteiger charge is 2.02. The smallest absolute Gasteiger partial charge is 0.271 e. The highest BCUT2D eigenvalue weighted by molar-refractivity contribution is 7.80. The summed E-state index contributed by atoms with van der Waals surface area (Å²) in [7, 11) is 0. The first-order valence-corrected chi connectivity index (χ1v) is 3.87. The summed E-state index contributed by atoms with van der Waals surface area (Å²) in [4.78, 5) is 15.0.